The highest BCUT2D eigenvalue weighted by Gasteiger charge is 2.44. The maximum absolute atomic E-state index is 10.4. The number of aromatic nitrogens is 5. The van der Waals surface area contributed by atoms with E-state index in [0.29, 0.717) is 28.1 Å². The maximum atomic E-state index is 10.4. The summed E-state index contributed by atoms with van der Waals surface area (Å²) >= 11 is 1.55. The second-order valence-corrected chi connectivity index (χ2v) is 10.1. The number of aliphatic hydroxyl groups excluding tert-OH is 3. The van der Waals surface area contributed by atoms with Gasteiger partial charge in [0.05, 0.1) is 19.3 Å². The number of ether oxygens (including phenoxy) is 1. The Bertz CT molecular complexity index is 1190. The van der Waals surface area contributed by atoms with Gasteiger partial charge in [-0.15, -0.1) is 5.10 Å². The van der Waals surface area contributed by atoms with E-state index < -0.39 is 24.4 Å². The number of thioether (sulfide) groups is 1. The number of hydrogen-bond donors (Lipinski definition) is 4. The van der Waals surface area contributed by atoms with Crippen molar-refractivity contribution in [1.29, 1.82) is 0 Å². The van der Waals surface area contributed by atoms with E-state index in [2.05, 4.69) is 45.7 Å². The molecule has 0 aliphatic heterocycles. The van der Waals surface area contributed by atoms with Gasteiger partial charge in [-0.3, -0.25) is 0 Å². The van der Waals surface area contributed by atoms with Crippen LogP contribution in [0.4, 0.5) is 5.82 Å². The van der Waals surface area contributed by atoms with Gasteiger partial charge in [0.15, 0.2) is 22.1 Å². The van der Waals surface area contributed by atoms with Crippen LogP contribution in [0.1, 0.15) is 49.3 Å². The first kappa shape index (κ1) is 23.3. The highest BCUT2D eigenvalue weighted by atomic mass is 32.2. The monoisotopic (exact) mass is 486 g/mol. The number of rotatable bonds is 8. The van der Waals surface area contributed by atoms with Gasteiger partial charge in [0.1, 0.15) is 18.0 Å². The summed E-state index contributed by atoms with van der Waals surface area (Å²) in [5.74, 6) is 2.69. The van der Waals surface area contributed by atoms with E-state index in [-0.39, 0.29) is 12.5 Å². The molecule has 2 fully saturated rings. The molecule has 11 heteroatoms. The second-order valence-electron chi connectivity index (χ2n) is 9.08. The molecule has 5 rings (SSSR count). The van der Waals surface area contributed by atoms with Crippen molar-refractivity contribution in [3.63, 3.8) is 0 Å². The molecule has 0 amide bonds. The summed E-state index contributed by atoms with van der Waals surface area (Å²) in [5.41, 5.74) is 3.31. The molecule has 6 atom stereocenters. The third-order valence-electron chi connectivity index (χ3n) is 6.65. The second kappa shape index (κ2) is 9.29. The number of methoxy groups -OCH3 is 1. The van der Waals surface area contributed by atoms with Gasteiger partial charge in [-0.2, -0.15) is 0 Å². The lowest BCUT2D eigenvalue weighted by molar-refractivity contribution is -0.0253. The van der Waals surface area contributed by atoms with E-state index in [9.17, 15) is 15.3 Å². The van der Waals surface area contributed by atoms with Crippen LogP contribution in [0.25, 0.3) is 11.2 Å². The summed E-state index contributed by atoms with van der Waals surface area (Å²) in [6.45, 7) is 4.12. The molecule has 182 valence electrons. The smallest absolute Gasteiger partial charge is 0.191 e. The van der Waals surface area contributed by atoms with Crippen molar-refractivity contribution in [2.75, 3.05) is 18.2 Å². The van der Waals surface area contributed by atoms with Gasteiger partial charge in [0, 0.05) is 24.1 Å². The molecule has 10 nitrogen and oxygen atoms in total. The average Bonchev–Trinajstić information content (AvgIpc) is 3.39. The number of anilines is 1. The van der Waals surface area contributed by atoms with Crippen LogP contribution >= 0.6 is 11.8 Å². The molecule has 3 aromatic rings. The first-order valence-electron chi connectivity index (χ1n) is 11.6. The minimum atomic E-state index is -1.23. The zero-order chi connectivity index (χ0) is 24.0. The van der Waals surface area contributed by atoms with Crippen molar-refractivity contribution < 1.29 is 20.1 Å². The molecule has 0 spiro atoms. The Labute approximate surface area is 201 Å². The quantitative estimate of drug-likeness (QED) is 0.276. The molecule has 1 aromatic carbocycles. The molecule has 34 heavy (non-hydrogen) atoms. The third kappa shape index (κ3) is 4.21. The van der Waals surface area contributed by atoms with Crippen LogP contribution in [0.15, 0.2) is 23.4 Å². The molecule has 0 saturated heterocycles. The van der Waals surface area contributed by atoms with E-state index in [0.717, 1.165) is 29.9 Å². The lowest BCUT2D eigenvalue weighted by atomic mass is 10.1. The number of nitrogens with zero attached hydrogens (tertiary/aromatic N) is 5. The Morgan fingerprint density at radius 2 is 2.00 bits per heavy atom. The fourth-order valence-corrected chi connectivity index (χ4v) is 5.28. The topological polar surface area (TPSA) is 138 Å². The molecule has 2 aromatic heterocycles. The van der Waals surface area contributed by atoms with Crippen molar-refractivity contribution in [3.8, 4) is 5.75 Å². The number of hydrogen-bond acceptors (Lipinski definition) is 10. The number of fused-ring (bicyclic) bond motifs is 1. The lowest BCUT2D eigenvalue weighted by Gasteiger charge is -2.16. The Balaban J connectivity index is 1.44. The summed E-state index contributed by atoms with van der Waals surface area (Å²) in [7, 11) is 1.68. The van der Waals surface area contributed by atoms with Gasteiger partial charge in [-0.1, -0.05) is 36.0 Å². The number of aliphatic hydroxyl groups is 3. The predicted molar refractivity (Wildman–Crippen MR) is 128 cm³/mol. The van der Waals surface area contributed by atoms with Crippen LogP contribution in [0.5, 0.6) is 5.75 Å². The molecule has 4 N–H and O–H groups in total. The molecule has 2 saturated carbocycles. The summed E-state index contributed by atoms with van der Waals surface area (Å²) in [4.78, 5) is 9.38. The highest BCUT2D eigenvalue weighted by Crippen LogP contribution is 2.44. The van der Waals surface area contributed by atoms with E-state index in [1.807, 2.05) is 6.92 Å². The van der Waals surface area contributed by atoms with Gasteiger partial charge in [0.2, 0.25) is 0 Å². The minimum Gasteiger partial charge on any atom is -0.496 e. The molecule has 2 heterocycles. The van der Waals surface area contributed by atoms with Crippen LogP contribution in [0, 0.1) is 6.92 Å². The summed E-state index contributed by atoms with van der Waals surface area (Å²) in [6, 6.07) is 5.88. The third-order valence-corrected chi connectivity index (χ3v) is 7.70. The first-order valence-corrected chi connectivity index (χ1v) is 12.6. The van der Waals surface area contributed by atoms with Gasteiger partial charge in [0.25, 0.3) is 0 Å². The van der Waals surface area contributed by atoms with Gasteiger partial charge < -0.3 is 25.4 Å². The highest BCUT2D eigenvalue weighted by molar-refractivity contribution is 7.99. The zero-order valence-corrected chi connectivity index (χ0v) is 20.2. The van der Waals surface area contributed by atoms with Crippen molar-refractivity contribution in [3.05, 3.63) is 29.3 Å². The SMILES string of the molecule is CCCSc1nc(NC2CC2c2ccc(C)c(OC)c2)c2nnn([C@@H]3C[C@H](O)[C@@H](O)[C@H]3O)c2n1. The molecule has 0 radical (unpaired) electrons. The molecule has 2 aliphatic carbocycles. The Hall–Kier alpha value is -2.47. The van der Waals surface area contributed by atoms with Crippen molar-refractivity contribution >= 4 is 28.7 Å². The number of nitrogens with one attached hydrogen (secondary N) is 1. The fourth-order valence-electron chi connectivity index (χ4n) is 4.58. The maximum Gasteiger partial charge on any atom is 0.191 e. The van der Waals surface area contributed by atoms with Crippen LogP contribution in [-0.4, -0.2) is 77.5 Å². The van der Waals surface area contributed by atoms with Crippen molar-refractivity contribution in [2.45, 2.75) is 74.6 Å². The van der Waals surface area contributed by atoms with Crippen molar-refractivity contribution in [2.24, 2.45) is 0 Å². The summed E-state index contributed by atoms with van der Waals surface area (Å²) in [5, 5.41) is 43.2. The Morgan fingerprint density at radius 3 is 2.71 bits per heavy atom. The molecular formula is C23H30N6O4S. The average molecular weight is 487 g/mol. The molecule has 0 bridgehead atoms. The van der Waals surface area contributed by atoms with Gasteiger partial charge in [-0.05, 0) is 37.0 Å². The summed E-state index contributed by atoms with van der Waals surface area (Å²) in [6.07, 6.45) is -1.29. The van der Waals surface area contributed by atoms with E-state index in [4.69, 9.17) is 9.72 Å². The summed E-state index contributed by atoms with van der Waals surface area (Å²) < 4.78 is 6.99. The number of benzene rings is 1. The predicted octanol–water partition coefficient (Wildman–Crippen LogP) is 2.04. The van der Waals surface area contributed by atoms with Gasteiger partial charge >= 0.3 is 0 Å². The minimum absolute atomic E-state index is 0.172. The standard InChI is InChI=1S/C23H30N6O4S/c1-4-7-34-23-25-21(24-14-9-13(14)12-6-5-11(2)17(8-12)33-3)18-22(26-23)29(28-27-18)15-10-16(30)20(32)19(15)31/h5-6,8,13-16,19-20,30-32H,4,7,9-10H2,1-3H3,(H,24,25,26)/t13?,14?,15-,16+,19+,20-/m1/s1. The lowest BCUT2D eigenvalue weighted by Crippen LogP contribution is -2.31. The van der Waals surface area contributed by atoms with Crippen LogP contribution in [-0.2, 0) is 0 Å². The zero-order valence-electron chi connectivity index (χ0n) is 19.4. The van der Waals surface area contributed by atoms with E-state index >= 15 is 0 Å². The molecule has 2 unspecified atom stereocenters. The van der Waals surface area contributed by atoms with Crippen molar-refractivity contribution in [1.82, 2.24) is 25.0 Å². The fraction of sp³-hybridized carbons (Fsp3) is 0.565. The molecular weight excluding hydrogens is 456 g/mol. The van der Waals surface area contributed by atoms with E-state index in [1.54, 1.807) is 18.9 Å². The molecule has 2 aliphatic rings. The van der Waals surface area contributed by atoms with Crippen LogP contribution in [0.3, 0.4) is 0 Å². The van der Waals surface area contributed by atoms with E-state index in [1.165, 1.54) is 10.2 Å². The van der Waals surface area contributed by atoms with Crippen LogP contribution in [0.2, 0.25) is 0 Å². The van der Waals surface area contributed by atoms with Gasteiger partial charge in [-0.25, -0.2) is 14.6 Å². The first-order chi connectivity index (χ1) is 16.4. The van der Waals surface area contributed by atoms with Crippen LogP contribution < -0.4 is 10.1 Å². The Kier molecular flexibility index (Phi) is 6.36. The largest absolute Gasteiger partial charge is 0.496 e. The number of aryl methyl sites for hydroxylation is 1. The normalized spacial score (nSPS) is 28.4. The Morgan fingerprint density at radius 1 is 1.18 bits per heavy atom.